The highest BCUT2D eigenvalue weighted by molar-refractivity contribution is 9.10. The van der Waals surface area contributed by atoms with Gasteiger partial charge in [-0.1, -0.05) is 22.0 Å². The first-order valence-electron chi connectivity index (χ1n) is 7.10. The predicted octanol–water partition coefficient (Wildman–Crippen LogP) is 3.23. The molecule has 0 spiro atoms. The lowest BCUT2D eigenvalue weighted by Gasteiger charge is -2.40. The number of anilines is 1. The van der Waals surface area contributed by atoms with E-state index in [1.165, 1.54) is 30.5 Å². The van der Waals surface area contributed by atoms with Crippen LogP contribution in [0, 0.1) is 0 Å². The molecule has 2 aliphatic rings. The lowest BCUT2D eigenvalue weighted by Crippen LogP contribution is -2.49. The van der Waals surface area contributed by atoms with E-state index in [4.69, 9.17) is 10.5 Å². The van der Waals surface area contributed by atoms with Crippen LogP contribution in [0.4, 0.5) is 5.69 Å². The van der Waals surface area contributed by atoms with E-state index in [2.05, 4.69) is 46.0 Å². The van der Waals surface area contributed by atoms with Gasteiger partial charge in [0.15, 0.2) is 0 Å². The summed E-state index contributed by atoms with van der Waals surface area (Å²) in [6, 6.07) is 7.02. The molecule has 3 nitrogen and oxygen atoms in total. The van der Waals surface area contributed by atoms with Crippen molar-refractivity contribution in [3.05, 3.63) is 28.2 Å². The Morgan fingerprint density at radius 1 is 1.42 bits per heavy atom. The minimum absolute atomic E-state index is 0.0609. The van der Waals surface area contributed by atoms with E-state index >= 15 is 0 Å². The van der Waals surface area contributed by atoms with Crippen LogP contribution in [-0.4, -0.2) is 25.3 Å². The third kappa shape index (κ3) is 2.54. The summed E-state index contributed by atoms with van der Waals surface area (Å²) in [5.41, 5.74) is 8.65. The molecule has 3 rings (SSSR count). The van der Waals surface area contributed by atoms with E-state index in [0.717, 1.165) is 17.6 Å². The van der Waals surface area contributed by atoms with Crippen molar-refractivity contribution in [2.24, 2.45) is 5.73 Å². The van der Waals surface area contributed by atoms with Crippen LogP contribution < -0.4 is 10.6 Å². The summed E-state index contributed by atoms with van der Waals surface area (Å²) in [6.07, 6.45) is 4.11. The maximum atomic E-state index is 6.14. The molecule has 0 bridgehead atoms. The highest BCUT2D eigenvalue weighted by Crippen LogP contribution is 2.37. The average Bonchev–Trinajstić information content (AvgIpc) is 2.86. The highest BCUT2D eigenvalue weighted by Gasteiger charge is 2.37. The number of ether oxygens (including phenoxy) is 1. The number of halogens is 1. The Labute approximate surface area is 123 Å². The summed E-state index contributed by atoms with van der Waals surface area (Å²) in [5, 5.41) is 0. The van der Waals surface area contributed by atoms with Crippen LogP contribution in [0.25, 0.3) is 0 Å². The molecule has 19 heavy (non-hydrogen) atoms. The van der Waals surface area contributed by atoms with Gasteiger partial charge in [-0.05, 0) is 43.9 Å². The van der Waals surface area contributed by atoms with Gasteiger partial charge in [0.1, 0.15) is 0 Å². The van der Waals surface area contributed by atoms with Crippen molar-refractivity contribution < 1.29 is 4.74 Å². The van der Waals surface area contributed by atoms with Gasteiger partial charge >= 0.3 is 0 Å². The molecule has 1 saturated carbocycles. The molecule has 0 aromatic heterocycles. The third-order valence-electron chi connectivity index (χ3n) is 4.27. The first-order valence-corrected chi connectivity index (χ1v) is 7.89. The average molecular weight is 325 g/mol. The van der Waals surface area contributed by atoms with E-state index in [1.807, 2.05) is 0 Å². The summed E-state index contributed by atoms with van der Waals surface area (Å²) < 4.78 is 7.02. The molecule has 1 aliphatic carbocycles. The number of fused-ring (bicyclic) bond motifs is 1. The van der Waals surface area contributed by atoms with E-state index in [1.54, 1.807) is 0 Å². The molecule has 1 aromatic carbocycles. The molecule has 1 heterocycles. The number of benzene rings is 1. The molecule has 2 N–H and O–H groups in total. The fourth-order valence-electron chi connectivity index (χ4n) is 3.38. The van der Waals surface area contributed by atoms with Crippen molar-refractivity contribution in [2.75, 3.05) is 18.1 Å². The van der Waals surface area contributed by atoms with Crippen LogP contribution in [0.2, 0.25) is 0 Å². The van der Waals surface area contributed by atoms with Gasteiger partial charge in [-0.2, -0.15) is 0 Å². The van der Waals surface area contributed by atoms with Gasteiger partial charge in [0, 0.05) is 22.7 Å². The largest absolute Gasteiger partial charge is 0.374 e. The summed E-state index contributed by atoms with van der Waals surface area (Å²) in [4.78, 5) is 2.52. The van der Waals surface area contributed by atoms with Crippen LogP contribution >= 0.6 is 15.9 Å². The third-order valence-corrected chi connectivity index (χ3v) is 4.77. The normalized spacial score (nSPS) is 28.3. The smallest absolute Gasteiger partial charge is 0.0779 e. The zero-order valence-corrected chi connectivity index (χ0v) is 12.9. The van der Waals surface area contributed by atoms with Crippen LogP contribution in [0.15, 0.2) is 22.7 Å². The second-order valence-electron chi connectivity index (χ2n) is 5.59. The molecule has 2 fully saturated rings. The van der Waals surface area contributed by atoms with Gasteiger partial charge in [0.25, 0.3) is 0 Å². The maximum Gasteiger partial charge on any atom is 0.0779 e. The quantitative estimate of drug-likeness (QED) is 0.907. The summed E-state index contributed by atoms with van der Waals surface area (Å²) in [7, 11) is 0. The van der Waals surface area contributed by atoms with Crippen molar-refractivity contribution in [3.8, 4) is 0 Å². The van der Waals surface area contributed by atoms with Crippen LogP contribution in [0.5, 0.6) is 0 Å². The van der Waals surface area contributed by atoms with Gasteiger partial charge in [-0.25, -0.2) is 0 Å². The molecule has 0 amide bonds. The topological polar surface area (TPSA) is 38.5 Å². The van der Waals surface area contributed by atoms with E-state index in [0.29, 0.717) is 12.1 Å². The maximum absolute atomic E-state index is 6.14. The molecule has 3 atom stereocenters. The number of morpholine rings is 1. The highest BCUT2D eigenvalue weighted by atomic mass is 79.9. The van der Waals surface area contributed by atoms with Crippen molar-refractivity contribution in [3.63, 3.8) is 0 Å². The lowest BCUT2D eigenvalue weighted by atomic mass is 10.0. The molecule has 4 heteroatoms. The summed E-state index contributed by atoms with van der Waals surface area (Å²) >= 11 is 3.59. The first-order chi connectivity index (χ1) is 9.16. The Morgan fingerprint density at radius 3 is 3.05 bits per heavy atom. The van der Waals surface area contributed by atoms with Crippen molar-refractivity contribution in [1.29, 1.82) is 0 Å². The lowest BCUT2D eigenvalue weighted by molar-refractivity contribution is 0.0255. The minimum Gasteiger partial charge on any atom is -0.374 e. The molecule has 1 aliphatic heterocycles. The van der Waals surface area contributed by atoms with Crippen molar-refractivity contribution in [2.45, 2.75) is 44.4 Å². The van der Waals surface area contributed by atoms with Gasteiger partial charge in [0.2, 0.25) is 0 Å². The second kappa shape index (κ2) is 5.43. The molecular formula is C15H21BrN2O. The van der Waals surface area contributed by atoms with Gasteiger partial charge in [-0.3, -0.25) is 0 Å². The first kappa shape index (κ1) is 13.4. The zero-order chi connectivity index (χ0) is 13.4. The van der Waals surface area contributed by atoms with E-state index < -0.39 is 0 Å². The Bertz CT molecular complexity index is 463. The predicted molar refractivity (Wildman–Crippen MR) is 81.5 cm³/mol. The molecule has 1 aromatic rings. The SMILES string of the molecule is CC(N)c1ccc(Br)cc1N1CCOC2CCCC21. The standard InChI is InChI=1S/C15H21BrN2O/c1-10(17)12-6-5-11(16)9-14(12)18-7-8-19-15-4-2-3-13(15)18/h5-6,9-10,13,15H,2-4,7-8,17H2,1H3. The number of hydrogen-bond donors (Lipinski definition) is 1. The van der Waals surface area contributed by atoms with Gasteiger partial charge < -0.3 is 15.4 Å². The number of hydrogen-bond acceptors (Lipinski definition) is 3. The van der Waals surface area contributed by atoms with Gasteiger partial charge in [-0.15, -0.1) is 0 Å². The molecule has 104 valence electrons. The van der Waals surface area contributed by atoms with Crippen molar-refractivity contribution >= 4 is 21.6 Å². The minimum atomic E-state index is 0.0609. The Hall–Kier alpha value is -0.580. The van der Waals surface area contributed by atoms with E-state index in [9.17, 15) is 0 Å². The summed E-state index contributed by atoms with van der Waals surface area (Å²) in [5.74, 6) is 0. The van der Waals surface area contributed by atoms with Crippen LogP contribution in [0.1, 0.15) is 37.8 Å². The van der Waals surface area contributed by atoms with E-state index in [-0.39, 0.29) is 6.04 Å². The monoisotopic (exact) mass is 324 g/mol. The second-order valence-corrected chi connectivity index (χ2v) is 6.51. The Kier molecular flexibility index (Phi) is 3.83. The Morgan fingerprint density at radius 2 is 2.26 bits per heavy atom. The fraction of sp³-hybridized carbons (Fsp3) is 0.600. The molecular weight excluding hydrogens is 304 g/mol. The number of rotatable bonds is 2. The number of nitrogens with zero attached hydrogens (tertiary/aromatic N) is 1. The Balaban J connectivity index is 1.98. The van der Waals surface area contributed by atoms with Crippen LogP contribution in [-0.2, 0) is 4.74 Å². The molecule has 3 unspecified atom stereocenters. The number of nitrogens with two attached hydrogens (primary N) is 1. The van der Waals surface area contributed by atoms with Gasteiger partial charge in [0.05, 0.1) is 18.8 Å². The summed E-state index contributed by atoms with van der Waals surface area (Å²) in [6.45, 7) is 3.85. The van der Waals surface area contributed by atoms with Crippen LogP contribution in [0.3, 0.4) is 0 Å². The zero-order valence-electron chi connectivity index (χ0n) is 11.3. The van der Waals surface area contributed by atoms with Crippen molar-refractivity contribution in [1.82, 2.24) is 0 Å². The fourth-order valence-corrected chi connectivity index (χ4v) is 3.72. The molecule has 1 saturated heterocycles. The molecule has 0 radical (unpaired) electrons.